The lowest BCUT2D eigenvalue weighted by molar-refractivity contribution is 0.00578. The van der Waals surface area contributed by atoms with Crippen molar-refractivity contribution in [2.75, 3.05) is 26.7 Å². The van der Waals surface area contributed by atoms with Crippen LogP contribution in [0.4, 0.5) is 0 Å². The van der Waals surface area contributed by atoms with Crippen LogP contribution in [0.2, 0.25) is 0 Å². The third-order valence-corrected chi connectivity index (χ3v) is 15.3. The molecule has 0 N–H and O–H groups in total. The molecule has 0 aliphatic carbocycles. The van der Waals surface area contributed by atoms with Crippen LogP contribution in [0.3, 0.4) is 0 Å². The highest BCUT2D eigenvalue weighted by Gasteiger charge is 2.52. The Morgan fingerprint density at radius 3 is 1.56 bits per heavy atom. The average molecular weight is 1200 g/mol. The summed E-state index contributed by atoms with van der Waals surface area (Å²) in [6, 6.07) is 24.5. The molecule has 8 aromatic heterocycles. The van der Waals surface area contributed by atoms with E-state index in [0.717, 1.165) is 97.9 Å². The normalized spacial score (nSPS) is 13.7. The second-order valence-corrected chi connectivity index (χ2v) is 22.5. The number of hydrogen-bond acceptors (Lipinski definition) is 16. The fraction of sp³-hybridized carbons (Fsp3) is 0.321. The number of thioether (sulfide) groups is 2. The molecule has 402 valence electrons. The number of aromatic nitrogens is 14. The number of ether oxygens (including phenoxy) is 2. The molecule has 2 aromatic carbocycles. The molecule has 1 fully saturated rings. The molecule has 1 saturated heterocycles. The molecule has 22 heteroatoms. The Morgan fingerprint density at radius 2 is 1.08 bits per heavy atom. The van der Waals surface area contributed by atoms with Crippen molar-refractivity contribution < 1.29 is 18.8 Å². The van der Waals surface area contributed by atoms with Crippen LogP contribution in [0.25, 0.3) is 55.8 Å². The van der Waals surface area contributed by atoms with E-state index in [1.54, 1.807) is 38.4 Å². The van der Waals surface area contributed by atoms with Crippen molar-refractivity contribution in [3.05, 3.63) is 137 Å². The van der Waals surface area contributed by atoms with Gasteiger partial charge in [0.15, 0.2) is 21.6 Å². The highest BCUT2D eigenvalue weighted by atomic mass is 127. The molecule has 78 heavy (non-hydrogen) atoms. The number of nitrogens with zero attached hydrogens (tertiary/aromatic N) is 14. The number of fused-ring (bicyclic) bond motifs is 2. The van der Waals surface area contributed by atoms with Gasteiger partial charge in [0.05, 0.1) is 67.9 Å². The smallest absolute Gasteiger partial charge is 0.496 e. The van der Waals surface area contributed by atoms with Crippen molar-refractivity contribution in [1.29, 1.82) is 0 Å². The van der Waals surface area contributed by atoms with E-state index in [2.05, 4.69) is 91.6 Å². The molecular weight excluding hydrogens is 1130 g/mol. The summed E-state index contributed by atoms with van der Waals surface area (Å²) in [6.07, 6.45) is 19.0. The quantitative estimate of drug-likeness (QED) is 0.0433. The third-order valence-electron chi connectivity index (χ3n) is 13.4. The topological polar surface area (TPSA) is 186 Å². The van der Waals surface area contributed by atoms with Crippen LogP contribution < -0.4 is 14.9 Å². The largest absolute Gasteiger partial charge is 0.497 e. The van der Waals surface area contributed by atoms with E-state index in [0.29, 0.717) is 19.1 Å². The zero-order valence-corrected chi connectivity index (χ0v) is 49.6. The fourth-order valence-corrected chi connectivity index (χ4v) is 9.66. The zero-order valence-electron chi connectivity index (χ0n) is 45.8. The highest BCUT2D eigenvalue weighted by Crippen LogP contribution is 2.37. The van der Waals surface area contributed by atoms with E-state index < -0.39 is 7.12 Å². The molecule has 0 amide bonds. The van der Waals surface area contributed by atoms with Crippen molar-refractivity contribution in [1.82, 2.24) is 69.0 Å². The van der Waals surface area contributed by atoms with Crippen LogP contribution >= 0.6 is 46.1 Å². The van der Waals surface area contributed by atoms with E-state index in [9.17, 15) is 0 Å². The van der Waals surface area contributed by atoms with E-state index in [1.165, 1.54) is 11.8 Å². The molecule has 0 saturated carbocycles. The second kappa shape index (κ2) is 24.1. The predicted octanol–water partition coefficient (Wildman–Crippen LogP) is 11.1. The Kier molecular flexibility index (Phi) is 17.3. The summed E-state index contributed by atoms with van der Waals surface area (Å²) in [6.45, 7) is 17.9. The summed E-state index contributed by atoms with van der Waals surface area (Å²) in [5.74, 6) is 1.68. The molecule has 1 aliphatic rings. The third kappa shape index (κ3) is 12.6. The molecule has 10 aromatic rings. The number of benzene rings is 2. The first-order valence-electron chi connectivity index (χ1n) is 25.3. The molecular formula is C56H62BIN14O4S2. The van der Waals surface area contributed by atoms with Crippen molar-refractivity contribution >= 4 is 80.8 Å². The molecule has 0 bridgehead atoms. The molecule has 1 aliphatic heterocycles. The van der Waals surface area contributed by atoms with Gasteiger partial charge in [0, 0.05) is 76.6 Å². The molecule has 11 rings (SSSR count). The molecule has 0 radical (unpaired) electrons. The van der Waals surface area contributed by atoms with Gasteiger partial charge in [0.25, 0.3) is 0 Å². The molecule has 0 unspecified atom stereocenters. The van der Waals surface area contributed by atoms with Gasteiger partial charge in [-0.1, -0.05) is 47.8 Å². The maximum Gasteiger partial charge on any atom is 0.496 e. The standard InChI is InChI=1S/C25H25N7OS.C20H24BN3O3.C11H13IN4S/c1-16(2)31-15-21(22-9-10-26-25(29-22)34-4)23(30-31)18-11-19-13-28-32(24(19)27-12-18)14-17-5-7-20(33-3)8-6-17;1-19(2)20(3,4)27-21(26-19)16-10-15-11-23-24(18(15)22-12-16)13-14-6-8-17(25-5)9-7-14;1-7(2)16-6-8(10(12)15-16)9-4-5-13-11(14-9)17-3/h5-13,15-16H,14H2,1-4H3;6-12H,13H2,1-5H3;4-7H,1-3H3. The Labute approximate surface area is 476 Å². The summed E-state index contributed by atoms with van der Waals surface area (Å²) in [7, 11) is 2.91. The summed E-state index contributed by atoms with van der Waals surface area (Å²) in [4.78, 5) is 27.1. The average Bonchev–Trinajstić information content (AvgIpc) is 4.30. The Morgan fingerprint density at radius 1 is 0.603 bits per heavy atom. The van der Waals surface area contributed by atoms with Crippen LogP contribution in [-0.4, -0.2) is 114 Å². The van der Waals surface area contributed by atoms with Crippen LogP contribution in [0.1, 0.15) is 78.6 Å². The van der Waals surface area contributed by atoms with Gasteiger partial charge in [0.2, 0.25) is 0 Å². The predicted molar refractivity (Wildman–Crippen MR) is 318 cm³/mol. The Bertz CT molecular complexity index is 3640. The Hall–Kier alpha value is -6.73. The lowest BCUT2D eigenvalue weighted by Crippen LogP contribution is -2.41. The SMILES string of the molecule is COc1ccc(Cn2ncc3cc(-c4nn(C(C)C)cc4-c4ccnc(SC)n4)cnc32)cc1.COc1ccc(Cn2ncc3cc(B4OC(C)(C)C(C)(C)O4)cnc32)cc1.CSc1nccc(-c2cn(C(C)C)nc2I)n1. The summed E-state index contributed by atoms with van der Waals surface area (Å²) in [5.41, 5.74) is 9.67. The minimum absolute atomic E-state index is 0.221. The lowest BCUT2D eigenvalue weighted by Gasteiger charge is -2.32. The maximum absolute atomic E-state index is 6.12. The van der Waals surface area contributed by atoms with E-state index in [4.69, 9.17) is 33.8 Å². The van der Waals surface area contributed by atoms with Gasteiger partial charge < -0.3 is 18.8 Å². The zero-order chi connectivity index (χ0) is 55.3. The first-order valence-corrected chi connectivity index (χ1v) is 28.8. The lowest BCUT2D eigenvalue weighted by atomic mass is 9.80. The van der Waals surface area contributed by atoms with Crippen molar-refractivity contribution in [2.45, 2.75) is 102 Å². The van der Waals surface area contributed by atoms with Gasteiger partial charge in [-0.05, 0) is 150 Å². The number of halogens is 1. The number of rotatable bonds is 14. The van der Waals surface area contributed by atoms with Crippen LogP contribution in [-0.2, 0) is 22.4 Å². The van der Waals surface area contributed by atoms with E-state index >= 15 is 0 Å². The van der Waals surface area contributed by atoms with E-state index in [-0.39, 0.29) is 17.2 Å². The van der Waals surface area contributed by atoms with Gasteiger partial charge in [-0.3, -0.25) is 9.36 Å². The first-order chi connectivity index (χ1) is 37.5. The Balaban J connectivity index is 0.000000150. The summed E-state index contributed by atoms with van der Waals surface area (Å²) in [5, 5.41) is 21.9. The fourth-order valence-electron chi connectivity index (χ4n) is 8.28. The molecule has 0 spiro atoms. The van der Waals surface area contributed by atoms with Crippen molar-refractivity contribution in [3.8, 4) is 45.3 Å². The van der Waals surface area contributed by atoms with Crippen LogP contribution in [0.5, 0.6) is 11.5 Å². The summed E-state index contributed by atoms with van der Waals surface area (Å²) >= 11 is 5.31. The van der Waals surface area contributed by atoms with Crippen molar-refractivity contribution in [3.63, 3.8) is 0 Å². The second-order valence-electron chi connectivity index (χ2n) is 19.9. The number of pyridine rings is 2. The monoisotopic (exact) mass is 1200 g/mol. The van der Waals surface area contributed by atoms with Gasteiger partial charge >= 0.3 is 7.12 Å². The van der Waals surface area contributed by atoms with Crippen LogP contribution in [0.15, 0.2) is 133 Å². The first kappa shape index (κ1) is 56.0. The summed E-state index contributed by atoms with van der Waals surface area (Å²) < 4.78 is 31.4. The minimum atomic E-state index is -0.420. The van der Waals surface area contributed by atoms with Gasteiger partial charge in [0.1, 0.15) is 20.9 Å². The molecule has 0 atom stereocenters. The molecule has 9 heterocycles. The van der Waals surface area contributed by atoms with E-state index in [1.807, 2.05) is 163 Å². The minimum Gasteiger partial charge on any atom is -0.497 e. The number of methoxy groups -OCH3 is 2. The van der Waals surface area contributed by atoms with Gasteiger partial charge in [-0.2, -0.15) is 20.4 Å². The van der Waals surface area contributed by atoms with Crippen molar-refractivity contribution in [2.24, 2.45) is 0 Å². The number of hydrogen-bond donors (Lipinski definition) is 0. The highest BCUT2D eigenvalue weighted by molar-refractivity contribution is 14.1. The van der Waals surface area contributed by atoms with Crippen LogP contribution in [0, 0.1) is 3.70 Å². The van der Waals surface area contributed by atoms with Gasteiger partial charge in [-0.25, -0.2) is 39.3 Å². The maximum atomic E-state index is 6.12. The molecule has 18 nitrogen and oxygen atoms in total. The van der Waals surface area contributed by atoms with Gasteiger partial charge in [-0.15, -0.1) is 0 Å².